The molecule has 1 aromatic heterocycles. The van der Waals surface area contributed by atoms with Crippen LogP contribution in [-0.4, -0.2) is 10.6 Å². The summed E-state index contributed by atoms with van der Waals surface area (Å²) >= 11 is 0. The Morgan fingerprint density at radius 3 is 1.50 bits per heavy atom. The molecule has 1 aliphatic rings. The molecule has 12 aromatic rings. The fourth-order valence-electron chi connectivity index (χ4n) is 10.7. The highest BCUT2D eigenvalue weighted by Crippen LogP contribution is 2.41. The molecule has 2 nitrogen and oxygen atoms in total. The summed E-state index contributed by atoms with van der Waals surface area (Å²) in [4.78, 5) is 2.52. The maximum absolute atomic E-state index is 2.52. The Balaban J connectivity index is 0.891. The molecule has 0 amide bonds. The molecule has 310 valence electrons. The van der Waals surface area contributed by atoms with E-state index in [4.69, 9.17) is 0 Å². The minimum Gasteiger partial charge on any atom is -0.334 e. The number of fused-ring (bicyclic) bond motifs is 9. The molecule has 0 saturated heterocycles. The van der Waals surface area contributed by atoms with Gasteiger partial charge in [-0.2, -0.15) is 0 Å². The number of rotatable bonds is 7. The van der Waals surface area contributed by atoms with Crippen LogP contribution in [0.15, 0.2) is 249 Å². The van der Waals surface area contributed by atoms with Crippen LogP contribution in [-0.2, 0) is 0 Å². The molecule has 0 saturated carbocycles. The van der Waals surface area contributed by atoms with Crippen molar-refractivity contribution in [2.75, 3.05) is 4.90 Å². The van der Waals surface area contributed by atoms with Gasteiger partial charge in [0.15, 0.2) is 0 Å². The molecule has 1 aliphatic carbocycles. The topological polar surface area (TPSA) is 8.17 Å². The highest BCUT2D eigenvalue weighted by molar-refractivity contribution is 6.15. The monoisotopic (exact) mass is 840 g/mol. The second-order valence-corrected chi connectivity index (χ2v) is 17.6. The van der Waals surface area contributed by atoms with E-state index in [2.05, 4.69) is 258 Å². The van der Waals surface area contributed by atoms with Gasteiger partial charge in [-0.05, 0) is 150 Å². The normalized spacial score (nSPS) is 13.9. The van der Waals surface area contributed by atoms with Crippen molar-refractivity contribution >= 4 is 81.8 Å². The maximum atomic E-state index is 2.52. The number of anilines is 2. The zero-order chi connectivity index (χ0) is 43.6. The molecule has 1 unspecified atom stereocenters. The summed E-state index contributed by atoms with van der Waals surface area (Å²) < 4.78 is 2.38. The van der Waals surface area contributed by atoms with E-state index < -0.39 is 0 Å². The quantitative estimate of drug-likeness (QED) is 0.145. The van der Waals surface area contributed by atoms with Gasteiger partial charge in [-0.1, -0.05) is 182 Å². The third-order valence-electron chi connectivity index (χ3n) is 13.9. The average Bonchev–Trinajstić information content (AvgIpc) is 3.73. The van der Waals surface area contributed by atoms with E-state index in [1.54, 1.807) is 0 Å². The fraction of sp³-hybridized carbons (Fsp3) is 0.0312. The summed E-state index contributed by atoms with van der Waals surface area (Å²) in [5.74, 6) is 0. The van der Waals surface area contributed by atoms with Crippen molar-refractivity contribution in [3.05, 3.63) is 254 Å². The smallest absolute Gasteiger partial charge is 0.0560 e. The van der Waals surface area contributed by atoms with Gasteiger partial charge in [-0.3, -0.25) is 0 Å². The SMILES string of the molecule is C1=CC(N(c2ccc(-c3ccc4c(c3)c3ccccc3n4-c3ccccc3)cc2)c2ccc(-c3cc4ccccc4c4ccccc34)cc2)CC=C1c1cc2ccccc2c2ccccc12. The van der Waals surface area contributed by atoms with Crippen molar-refractivity contribution in [3.63, 3.8) is 0 Å². The molecule has 0 fully saturated rings. The second-order valence-electron chi connectivity index (χ2n) is 17.6. The number of allylic oxidation sites excluding steroid dienone is 2. The Kier molecular flexibility index (Phi) is 9.02. The second kappa shape index (κ2) is 15.7. The lowest BCUT2D eigenvalue weighted by Gasteiger charge is -2.33. The van der Waals surface area contributed by atoms with Gasteiger partial charge < -0.3 is 9.47 Å². The summed E-state index contributed by atoms with van der Waals surface area (Å²) in [5, 5.41) is 12.8. The highest BCUT2D eigenvalue weighted by Gasteiger charge is 2.23. The molecule has 13 rings (SSSR count). The summed E-state index contributed by atoms with van der Waals surface area (Å²) in [6, 6.07) is 84.8. The van der Waals surface area contributed by atoms with Gasteiger partial charge in [0.1, 0.15) is 0 Å². The molecule has 0 spiro atoms. The lowest BCUT2D eigenvalue weighted by molar-refractivity contribution is 0.787. The Hall–Kier alpha value is -8.46. The van der Waals surface area contributed by atoms with E-state index in [1.807, 2.05) is 0 Å². The average molecular weight is 841 g/mol. The molecule has 0 radical (unpaired) electrons. The molecule has 0 aliphatic heterocycles. The van der Waals surface area contributed by atoms with E-state index in [1.165, 1.54) is 104 Å². The molecular weight excluding hydrogens is 797 g/mol. The van der Waals surface area contributed by atoms with Crippen LogP contribution >= 0.6 is 0 Å². The van der Waals surface area contributed by atoms with E-state index in [0.29, 0.717) is 0 Å². The van der Waals surface area contributed by atoms with Crippen molar-refractivity contribution in [3.8, 4) is 27.9 Å². The lowest BCUT2D eigenvalue weighted by Crippen LogP contribution is -2.30. The van der Waals surface area contributed by atoms with Crippen molar-refractivity contribution in [1.82, 2.24) is 4.57 Å². The first-order valence-electron chi connectivity index (χ1n) is 23.0. The van der Waals surface area contributed by atoms with E-state index in [-0.39, 0.29) is 6.04 Å². The van der Waals surface area contributed by atoms with Crippen LogP contribution in [0.25, 0.3) is 98.4 Å². The third-order valence-corrected chi connectivity index (χ3v) is 13.9. The Morgan fingerprint density at radius 1 is 0.364 bits per heavy atom. The number of hydrogen-bond acceptors (Lipinski definition) is 1. The van der Waals surface area contributed by atoms with Crippen LogP contribution in [0.1, 0.15) is 12.0 Å². The Morgan fingerprint density at radius 2 is 0.864 bits per heavy atom. The first kappa shape index (κ1) is 38.0. The first-order valence-corrected chi connectivity index (χ1v) is 23.0. The van der Waals surface area contributed by atoms with Crippen molar-refractivity contribution in [1.29, 1.82) is 0 Å². The van der Waals surface area contributed by atoms with Gasteiger partial charge in [0.25, 0.3) is 0 Å². The van der Waals surface area contributed by atoms with Crippen LogP contribution in [0.5, 0.6) is 0 Å². The van der Waals surface area contributed by atoms with Crippen LogP contribution in [0.2, 0.25) is 0 Å². The highest BCUT2D eigenvalue weighted by atomic mass is 15.2. The molecule has 1 atom stereocenters. The van der Waals surface area contributed by atoms with Gasteiger partial charge >= 0.3 is 0 Å². The summed E-state index contributed by atoms with van der Waals surface area (Å²) in [6.45, 7) is 0. The number of aromatic nitrogens is 1. The molecule has 0 bridgehead atoms. The van der Waals surface area contributed by atoms with E-state index in [0.717, 1.165) is 17.8 Å². The standard InChI is InChI=1S/C64H44N2/c1-2-16-49(17-3-1)66-63-25-13-12-24-59(63)62-40-46(32-39-64(62)66)43-26-33-50(34-27-43)65(51-35-28-44(29-36-51)60-41-47-14-4-6-18-53(47)55-20-8-10-22-57(55)60)52-37-30-45(31-38-52)61-42-48-15-5-7-19-54(48)56-21-9-11-23-58(56)61/h1-37,39-42,52H,38H2. The van der Waals surface area contributed by atoms with Crippen molar-refractivity contribution in [2.45, 2.75) is 12.5 Å². The largest absolute Gasteiger partial charge is 0.334 e. The molecule has 2 heteroatoms. The van der Waals surface area contributed by atoms with E-state index in [9.17, 15) is 0 Å². The van der Waals surface area contributed by atoms with Crippen molar-refractivity contribution in [2.24, 2.45) is 0 Å². The third kappa shape index (κ3) is 6.33. The molecular formula is C64H44N2. The maximum Gasteiger partial charge on any atom is 0.0560 e. The van der Waals surface area contributed by atoms with Crippen molar-refractivity contribution < 1.29 is 0 Å². The number of nitrogens with zero attached hydrogens (tertiary/aromatic N) is 2. The van der Waals surface area contributed by atoms with Gasteiger partial charge in [0.05, 0.1) is 17.1 Å². The predicted molar refractivity (Wildman–Crippen MR) is 282 cm³/mol. The lowest BCUT2D eigenvalue weighted by atomic mass is 9.89. The molecule has 0 N–H and O–H groups in total. The van der Waals surface area contributed by atoms with E-state index >= 15 is 0 Å². The van der Waals surface area contributed by atoms with Gasteiger partial charge in [0, 0.05) is 27.8 Å². The van der Waals surface area contributed by atoms with Gasteiger partial charge in [-0.25, -0.2) is 0 Å². The van der Waals surface area contributed by atoms with Gasteiger partial charge in [0.2, 0.25) is 0 Å². The number of hydrogen-bond donors (Lipinski definition) is 0. The van der Waals surface area contributed by atoms with Gasteiger partial charge in [-0.15, -0.1) is 0 Å². The number of benzene rings is 11. The summed E-state index contributed by atoms with van der Waals surface area (Å²) in [5.41, 5.74) is 13.3. The molecule has 11 aromatic carbocycles. The summed E-state index contributed by atoms with van der Waals surface area (Å²) in [6.07, 6.45) is 8.07. The number of para-hydroxylation sites is 2. The zero-order valence-corrected chi connectivity index (χ0v) is 36.4. The summed E-state index contributed by atoms with van der Waals surface area (Å²) in [7, 11) is 0. The minimum absolute atomic E-state index is 0.110. The zero-order valence-electron chi connectivity index (χ0n) is 36.4. The van der Waals surface area contributed by atoms with Crippen LogP contribution in [0.3, 0.4) is 0 Å². The Bertz CT molecular complexity index is 3890. The predicted octanol–water partition coefficient (Wildman–Crippen LogP) is 17.3. The first-order chi connectivity index (χ1) is 32.7. The minimum atomic E-state index is 0.110. The van der Waals surface area contributed by atoms with Crippen LogP contribution in [0.4, 0.5) is 11.4 Å². The Labute approximate surface area is 384 Å². The molecule has 1 heterocycles. The van der Waals surface area contributed by atoms with Crippen LogP contribution in [0, 0.1) is 0 Å². The fourth-order valence-corrected chi connectivity index (χ4v) is 10.7. The molecule has 66 heavy (non-hydrogen) atoms. The van der Waals surface area contributed by atoms with Crippen LogP contribution < -0.4 is 4.90 Å².